The van der Waals surface area contributed by atoms with E-state index in [9.17, 15) is 4.79 Å². The second-order valence-corrected chi connectivity index (χ2v) is 6.73. The molecule has 0 spiro atoms. The minimum Gasteiger partial charge on any atom is -0.512 e. The Balaban J connectivity index is 2.01. The van der Waals surface area contributed by atoms with Crippen LogP contribution in [-0.4, -0.2) is 67.3 Å². The molecule has 1 aromatic rings. The van der Waals surface area contributed by atoms with E-state index in [0.717, 1.165) is 5.69 Å². The molecule has 0 aliphatic carbocycles. The molecule has 1 aliphatic rings. The van der Waals surface area contributed by atoms with Gasteiger partial charge in [0.15, 0.2) is 0 Å². The highest BCUT2D eigenvalue weighted by Gasteiger charge is 2.27. The Hall–Kier alpha value is -2.13. The van der Waals surface area contributed by atoms with Gasteiger partial charge in [0, 0.05) is 32.2 Å². The fourth-order valence-corrected chi connectivity index (χ4v) is 2.57. The van der Waals surface area contributed by atoms with Crippen molar-refractivity contribution in [1.29, 1.82) is 0 Å². The van der Waals surface area contributed by atoms with Gasteiger partial charge >= 0.3 is 13.4 Å². The summed E-state index contributed by atoms with van der Waals surface area (Å²) >= 11 is 0. The zero-order chi connectivity index (χ0) is 18.6. The number of rotatable bonds is 4. The zero-order valence-electron chi connectivity index (χ0n) is 15.1. The van der Waals surface area contributed by atoms with E-state index in [-0.39, 0.29) is 6.09 Å². The van der Waals surface area contributed by atoms with Crippen LogP contribution in [0, 0.1) is 0 Å². The van der Waals surface area contributed by atoms with E-state index in [1.165, 1.54) is 7.11 Å². The first kappa shape index (κ1) is 19.2. The topological polar surface area (TPSA) is 91.7 Å². The Labute approximate surface area is 148 Å². The lowest BCUT2D eigenvalue weighted by Gasteiger charge is -2.37. The predicted molar refractivity (Wildman–Crippen MR) is 93.8 cm³/mol. The summed E-state index contributed by atoms with van der Waals surface area (Å²) in [6.07, 6.45) is -0.306. The van der Waals surface area contributed by atoms with Gasteiger partial charge < -0.3 is 34.0 Å². The van der Waals surface area contributed by atoms with Gasteiger partial charge in [-0.3, -0.25) is 0 Å². The lowest BCUT2D eigenvalue weighted by atomic mass is 10.2. The van der Waals surface area contributed by atoms with Crippen molar-refractivity contribution < 1.29 is 29.0 Å². The Bertz CT molecular complexity index is 597. The number of carbonyl (C=O) groups is 1. The van der Waals surface area contributed by atoms with Crippen molar-refractivity contribution in [3.63, 3.8) is 0 Å². The van der Waals surface area contributed by atoms with Crippen molar-refractivity contribution in [2.75, 3.05) is 38.2 Å². The molecule has 25 heavy (non-hydrogen) atoms. The minimum absolute atomic E-state index is 0.294. The van der Waals surface area contributed by atoms with E-state index in [4.69, 9.17) is 24.2 Å². The summed E-state index contributed by atoms with van der Waals surface area (Å²) in [4.78, 5) is 15.9. The van der Waals surface area contributed by atoms with Crippen molar-refractivity contribution in [1.82, 2.24) is 4.90 Å². The lowest BCUT2D eigenvalue weighted by molar-refractivity contribution is 0.0240. The third-order valence-corrected chi connectivity index (χ3v) is 3.66. The maximum Gasteiger partial charge on any atom is 0.707 e. The molecule has 1 fully saturated rings. The molecular weight excluding hydrogens is 327 g/mol. The molecule has 1 heterocycles. The quantitative estimate of drug-likeness (QED) is 0.784. The van der Waals surface area contributed by atoms with E-state index in [1.54, 1.807) is 23.1 Å². The second kappa shape index (κ2) is 7.84. The van der Waals surface area contributed by atoms with E-state index in [2.05, 4.69) is 4.90 Å². The molecule has 0 bridgehead atoms. The fraction of sp³-hybridized carbons (Fsp3) is 0.562. The van der Waals surface area contributed by atoms with Crippen LogP contribution < -0.4 is 14.3 Å². The molecule has 9 heteroatoms. The third-order valence-electron chi connectivity index (χ3n) is 3.66. The maximum atomic E-state index is 12.1. The Morgan fingerprint density at radius 1 is 1.16 bits per heavy atom. The standard InChI is InChI=1S/C16H25BN2O6/c1-16(2,3)24-15(20)19-9-7-18(8-10-19)13-6-5-12(25-17(21)22)11-14(13)23-4/h5-6,11,21-22H,7-10H2,1-4H3. The molecule has 0 aromatic heterocycles. The molecule has 0 unspecified atom stereocenters. The molecule has 0 saturated carbocycles. The van der Waals surface area contributed by atoms with Crippen molar-refractivity contribution in [3.05, 3.63) is 18.2 Å². The molecule has 2 N–H and O–H groups in total. The van der Waals surface area contributed by atoms with Crippen molar-refractivity contribution in [2.24, 2.45) is 0 Å². The number of benzene rings is 1. The van der Waals surface area contributed by atoms with Crippen LogP contribution in [0.25, 0.3) is 0 Å². The highest BCUT2D eigenvalue weighted by atomic mass is 16.6. The molecular formula is C16H25BN2O6. The van der Waals surface area contributed by atoms with Gasteiger partial charge in [-0.15, -0.1) is 0 Å². The van der Waals surface area contributed by atoms with E-state index in [0.29, 0.717) is 37.7 Å². The van der Waals surface area contributed by atoms with Gasteiger partial charge in [0.25, 0.3) is 0 Å². The van der Waals surface area contributed by atoms with Crippen LogP contribution >= 0.6 is 0 Å². The summed E-state index contributed by atoms with van der Waals surface area (Å²) in [5, 5.41) is 17.8. The number of nitrogens with zero attached hydrogens (tertiary/aromatic N) is 2. The number of hydrogen-bond donors (Lipinski definition) is 2. The molecule has 8 nitrogen and oxygen atoms in total. The van der Waals surface area contributed by atoms with Gasteiger partial charge in [-0.25, -0.2) is 4.79 Å². The molecule has 1 aromatic carbocycles. The Morgan fingerprint density at radius 3 is 2.32 bits per heavy atom. The third kappa shape index (κ3) is 5.43. The average Bonchev–Trinajstić information content (AvgIpc) is 2.52. The first-order valence-corrected chi connectivity index (χ1v) is 8.13. The summed E-state index contributed by atoms with van der Waals surface area (Å²) in [7, 11) is -0.345. The molecule has 0 radical (unpaired) electrons. The Morgan fingerprint density at radius 2 is 1.80 bits per heavy atom. The van der Waals surface area contributed by atoms with Crippen molar-refractivity contribution >= 4 is 19.1 Å². The average molecular weight is 352 g/mol. The largest absolute Gasteiger partial charge is 0.707 e. The minimum atomic E-state index is -1.88. The van der Waals surface area contributed by atoms with Gasteiger partial charge in [-0.1, -0.05) is 0 Å². The summed E-state index contributed by atoms with van der Waals surface area (Å²) in [6, 6.07) is 5.02. The number of ether oxygens (including phenoxy) is 2. The highest BCUT2D eigenvalue weighted by molar-refractivity contribution is 6.33. The SMILES string of the molecule is COc1cc(OB(O)O)ccc1N1CCN(C(=O)OC(C)(C)C)CC1. The van der Waals surface area contributed by atoms with Crippen LogP contribution in [0.1, 0.15) is 20.8 Å². The Kier molecular flexibility index (Phi) is 6.02. The molecule has 1 amide bonds. The van der Waals surface area contributed by atoms with Crippen LogP contribution in [0.2, 0.25) is 0 Å². The summed E-state index contributed by atoms with van der Waals surface area (Å²) in [5.41, 5.74) is 0.344. The lowest BCUT2D eigenvalue weighted by Crippen LogP contribution is -2.50. The van der Waals surface area contributed by atoms with Crippen LogP contribution in [0.15, 0.2) is 18.2 Å². The van der Waals surface area contributed by atoms with Gasteiger partial charge in [0.1, 0.15) is 17.1 Å². The second-order valence-electron chi connectivity index (χ2n) is 6.73. The van der Waals surface area contributed by atoms with Crippen LogP contribution in [-0.2, 0) is 4.74 Å². The summed E-state index contributed by atoms with van der Waals surface area (Å²) < 4.78 is 15.6. The molecule has 0 atom stereocenters. The van der Waals surface area contributed by atoms with Crippen LogP contribution in [0.3, 0.4) is 0 Å². The smallest absolute Gasteiger partial charge is 0.512 e. The maximum absolute atomic E-state index is 12.1. The number of piperazine rings is 1. The highest BCUT2D eigenvalue weighted by Crippen LogP contribution is 2.33. The number of methoxy groups -OCH3 is 1. The van der Waals surface area contributed by atoms with Gasteiger partial charge in [-0.2, -0.15) is 0 Å². The van der Waals surface area contributed by atoms with Gasteiger partial charge in [-0.05, 0) is 32.9 Å². The number of hydrogen-bond acceptors (Lipinski definition) is 7. The zero-order valence-corrected chi connectivity index (χ0v) is 15.1. The number of amides is 1. The van der Waals surface area contributed by atoms with Gasteiger partial charge in [0.2, 0.25) is 0 Å². The summed E-state index contributed by atoms with van der Waals surface area (Å²) in [5.74, 6) is 0.854. The first-order valence-electron chi connectivity index (χ1n) is 8.13. The fourth-order valence-electron chi connectivity index (χ4n) is 2.57. The number of anilines is 1. The number of carbonyl (C=O) groups excluding carboxylic acids is 1. The van der Waals surface area contributed by atoms with E-state index >= 15 is 0 Å². The van der Waals surface area contributed by atoms with Crippen molar-refractivity contribution in [3.8, 4) is 11.5 Å². The van der Waals surface area contributed by atoms with Gasteiger partial charge in [0.05, 0.1) is 12.8 Å². The first-order chi connectivity index (χ1) is 11.7. The molecule has 1 saturated heterocycles. The monoisotopic (exact) mass is 352 g/mol. The summed E-state index contributed by atoms with van der Waals surface area (Å²) in [6.45, 7) is 7.91. The molecule has 138 valence electrons. The van der Waals surface area contributed by atoms with Crippen LogP contribution in [0.4, 0.5) is 10.5 Å². The normalized spacial score (nSPS) is 15.0. The molecule has 1 aliphatic heterocycles. The predicted octanol–water partition coefficient (Wildman–Crippen LogP) is 1.10. The molecule has 2 rings (SSSR count). The van der Waals surface area contributed by atoms with E-state index in [1.807, 2.05) is 20.8 Å². The van der Waals surface area contributed by atoms with Crippen LogP contribution in [0.5, 0.6) is 11.5 Å². The van der Waals surface area contributed by atoms with Crippen molar-refractivity contribution in [2.45, 2.75) is 26.4 Å². The van der Waals surface area contributed by atoms with E-state index < -0.39 is 12.9 Å².